The molecule has 0 unspecified atom stereocenters. The van der Waals surface area contributed by atoms with Crippen LogP contribution in [-0.4, -0.2) is 22.1 Å². The van der Waals surface area contributed by atoms with E-state index in [0.29, 0.717) is 10.9 Å². The molecule has 2 aromatic carbocycles. The predicted octanol–water partition coefficient (Wildman–Crippen LogP) is 4.69. The van der Waals surface area contributed by atoms with Crippen molar-refractivity contribution in [3.63, 3.8) is 0 Å². The van der Waals surface area contributed by atoms with Crippen LogP contribution in [0.4, 0.5) is 5.69 Å². The van der Waals surface area contributed by atoms with Gasteiger partial charge < -0.3 is 10.4 Å². The number of anilines is 1. The van der Waals surface area contributed by atoms with Crippen LogP contribution >= 0.6 is 23.8 Å². The molecule has 0 atom stereocenters. The normalized spacial score (nSPS) is 10.8. The number of amides is 1. The van der Waals surface area contributed by atoms with Gasteiger partial charge in [-0.1, -0.05) is 49.7 Å². The van der Waals surface area contributed by atoms with Crippen molar-refractivity contribution in [3.05, 3.63) is 70.3 Å². The lowest BCUT2D eigenvalue weighted by molar-refractivity contribution is -0.115. The van der Waals surface area contributed by atoms with Gasteiger partial charge in [0.25, 0.3) is 0 Å². The lowest BCUT2D eigenvalue weighted by atomic mass is 10.0. The largest absolute Gasteiger partial charge is 0.478 e. The Morgan fingerprint density at radius 3 is 2.41 bits per heavy atom. The highest BCUT2D eigenvalue weighted by Gasteiger charge is 2.12. The minimum absolute atomic E-state index is 0.00960. The molecule has 2 aromatic rings. The molecule has 5 nitrogen and oxygen atoms in total. The molecule has 0 fully saturated rings. The number of rotatable bonds is 5. The first-order valence-electron chi connectivity index (χ1n) is 8.19. The van der Waals surface area contributed by atoms with Gasteiger partial charge in [-0.05, 0) is 53.5 Å². The van der Waals surface area contributed by atoms with E-state index in [1.54, 1.807) is 6.08 Å². The van der Waals surface area contributed by atoms with E-state index in [9.17, 15) is 14.7 Å². The molecular formula is C20H19ClN2O3S. The van der Waals surface area contributed by atoms with Crippen LogP contribution in [0, 0.1) is 0 Å². The number of hydrogen-bond acceptors (Lipinski definition) is 3. The van der Waals surface area contributed by atoms with Crippen LogP contribution in [0.25, 0.3) is 6.08 Å². The van der Waals surface area contributed by atoms with Gasteiger partial charge in [0.1, 0.15) is 0 Å². The fraction of sp³-hybridized carbons (Fsp3) is 0.150. The Kier molecular flexibility index (Phi) is 7.10. The minimum atomic E-state index is -1.15. The molecule has 0 aromatic heterocycles. The Labute approximate surface area is 168 Å². The zero-order chi connectivity index (χ0) is 20.0. The number of carbonyl (C=O) groups is 2. The van der Waals surface area contributed by atoms with E-state index >= 15 is 0 Å². The summed E-state index contributed by atoms with van der Waals surface area (Å²) in [5.74, 6) is -1.14. The maximum atomic E-state index is 12.0. The molecule has 1 amide bonds. The SMILES string of the molecule is CC(C)c1ccc(/C=C/C(=O)NC(=S)Nc2ccc(Cl)cc2C(=O)O)cc1. The van der Waals surface area contributed by atoms with E-state index in [4.69, 9.17) is 23.8 Å². The lowest BCUT2D eigenvalue weighted by Crippen LogP contribution is -2.33. The first-order chi connectivity index (χ1) is 12.8. The van der Waals surface area contributed by atoms with Crippen LogP contribution in [-0.2, 0) is 4.79 Å². The summed E-state index contributed by atoms with van der Waals surface area (Å²) in [5, 5.41) is 14.7. The number of halogens is 1. The standard InChI is InChI=1S/C20H19ClN2O3S/c1-12(2)14-6-3-13(4-7-14)5-10-18(24)23-20(27)22-17-9-8-15(21)11-16(17)19(25)26/h3-12H,1-2H3,(H,25,26)(H2,22,23,24,27)/b10-5+. The number of carboxylic acid groups (broad SMARTS) is 1. The number of thiocarbonyl (C=S) groups is 1. The van der Waals surface area contributed by atoms with E-state index in [0.717, 1.165) is 5.56 Å². The lowest BCUT2D eigenvalue weighted by Gasteiger charge is -2.11. The molecule has 27 heavy (non-hydrogen) atoms. The van der Waals surface area contributed by atoms with Gasteiger partial charge in [0.15, 0.2) is 5.11 Å². The van der Waals surface area contributed by atoms with E-state index in [1.165, 1.54) is 29.8 Å². The number of nitrogens with one attached hydrogen (secondary N) is 2. The number of carboxylic acids is 1. The van der Waals surface area contributed by atoms with Crippen molar-refractivity contribution in [1.29, 1.82) is 0 Å². The van der Waals surface area contributed by atoms with Crippen LogP contribution in [0.15, 0.2) is 48.5 Å². The van der Waals surface area contributed by atoms with Gasteiger partial charge in [0.05, 0.1) is 11.3 Å². The van der Waals surface area contributed by atoms with Crippen molar-refractivity contribution in [1.82, 2.24) is 5.32 Å². The van der Waals surface area contributed by atoms with Gasteiger partial charge in [-0.3, -0.25) is 10.1 Å². The second-order valence-corrected chi connectivity index (χ2v) is 6.94. The summed E-state index contributed by atoms with van der Waals surface area (Å²) in [4.78, 5) is 23.3. The number of carbonyl (C=O) groups excluding carboxylic acids is 1. The molecule has 0 radical (unpaired) electrons. The first kappa shape index (κ1) is 20.6. The van der Waals surface area contributed by atoms with Gasteiger partial charge >= 0.3 is 5.97 Å². The van der Waals surface area contributed by atoms with Gasteiger partial charge in [-0.2, -0.15) is 0 Å². The Morgan fingerprint density at radius 2 is 1.81 bits per heavy atom. The summed E-state index contributed by atoms with van der Waals surface area (Å²) in [6, 6.07) is 12.2. The second-order valence-electron chi connectivity index (χ2n) is 6.09. The highest BCUT2D eigenvalue weighted by atomic mass is 35.5. The number of hydrogen-bond donors (Lipinski definition) is 3. The molecule has 0 spiro atoms. The summed E-state index contributed by atoms with van der Waals surface area (Å²) >= 11 is 10.9. The Hall–Kier alpha value is -2.70. The number of aromatic carboxylic acids is 1. The Bertz CT molecular complexity index is 893. The molecule has 0 aliphatic rings. The van der Waals surface area contributed by atoms with Crippen molar-refractivity contribution < 1.29 is 14.7 Å². The van der Waals surface area contributed by atoms with Gasteiger partial charge in [0, 0.05) is 11.1 Å². The zero-order valence-electron chi connectivity index (χ0n) is 14.8. The summed E-state index contributed by atoms with van der Waals surface area (Å²) in [7, 11) is 0. The molecule has 7 heteroatoms. The van der Waals surface area contributed by atoms with Crippen LogP contribution in [0.1, 0.15) is 41.3 Å². The molecule has 0 aliphatic heterocycles. The summed E-state index contributed by atoms with van der Waals surface area (Å²) in [6.07, 6.45) is 3.03. The quantitative estimate of drug-likeness (QED) is 0.499. The zero-order valence-corrected chi connectivity index (χ0v) is 16.4. The smallest absolute Gasteiger partial charge is 0.337 e. The fourth-order valence-electron chi connectivity index (χ4n) is 2.27. The minimum Gasteiger partial charge on any atom is -0.478 e. The summed E-state index contributed by atoms with van der Waals surface area (Å²) < 4.78 is 0. The second kappa shape index (κ2) is 9.30. The van der Waals surface area contributed by atoms with E-state index in [1.807, 2.05) is 24.3 Å². The third-order valence-corrected chi connectivity index (χ3v) is 4.17. The molecule has 2 rings (SSSR count). The summed E-state index contributed by atoms with van der Waals surface area (Å²) in [6.45, 7) is 4.23. The third-order valence-electron chi connectivity index (χ3n) is 3.73. The van der Waals surface area contributed by atoms with E-state index in [-0.39, 0.29) is 16.4 Å². The average Bonchev–Trinajstić information content (AvgIpc) is 2.61. The van der Waals surface area contributed by atoms with Crippen molar-refractivity contribution in [2.45, 2.75) is 19.8 Å². The molecular weight excluding hydrogens is 384 g/mol. The Balaban J connectivity index is 1.98. The molecule has 0 bridgehead atoms. The molecule has 140 valence electrons. The molecule has 0 aliphatic carbocycles. The molecule has 0 saturated heterocycles. The van der Waals surface area contributed by atoms with Crippen molar-refractivity contribution >= 4 is 52.6 Å². The van der Waals surface area contributed by atoms with Crippen LogP contribution in [0.2, 0.25) is 5.02 Å². The molecule has 3 N–H and O–H groups in total. The molecule has 0 saturated carbocycles. The van der Waals surface area contributed by atoms with Crippen molar-refractivity contribution in [2.24, 2.45) is 0 Å². The van der Waals surface area contributed by atoms with Crippen LogP contribution in [0.3, 0.4) is 0 Å². The highest BCUT2D eigenvalue weighted by Crippen LogP contribution is 2.20. The number of benzene rings is 2. The fourth-order valence-corrected chi connectivity index (χ4v) is 2.66. The average molecular weight is 403 g/mol. The van der Waals surface area contributed by atoms with Crippen LogP contribution in [0.5, 0.6) is 0 Å². The maximum absolute atomic E-state index is 12.0. The maximum Gasteiger partial charge on any atom is 0.337 e. The third kappa shape index (κ3) is 6.20. The predicted molar refractivity (Wildman–Crippen MR) is 112 cm³/mol. The monoisotopic (exact) mass is 402 g/mol. The van der Waals surface area contributed by atoms with Crippen LogP contribution < -0.4 is 10.6 Å². The van der Waals surface area contributed by atoms with Crippen molar-refractivity contribution in [2.75, 3.05) is 5.32 Å². The van der Waals surface area contributed by atoms with Gasteiger partial charge in [0.2, 0.25) is 5.91 Å². The topological polar surface area (TPSA) is 78.4 Å². The first-order valence-corrected chi connectivity index (χ1v) is 8.97. The molecule has 0 heterocycles. The van der Waals surface area contributed by atoms with E-state index in [2.05, 4.69) is 24.5 Å². The van der Waals surface area contributed by atoms with Gasteiger partial charge in [-0.25, -0.2) is 4.79 Å². The highest BCUT2D eigenvalue weighted by molar-refractivity contribution is 7.80. The summed E-state index contributed by atoms with van der Waals surface area (Å²) in [5.41, 5.74) is 2.31. The Morgan fingerprint density at radius 1 is 1.15 bits per heavy atom. The van der Waals surface area contributed by atoms with Crippen molar-refractivity contribution in [3.8, 4) is 0 Å². The van der Waals surface area contributed by atoms with Gasteiger partial charge in [-0.15, -0.1) is 0 Å². The van der Waals surface area contributed by atoms with E-state index < -0.39 is 11.9 Å².